The van der Waals surface area contributed by atoms with Crippen molar-refractivity contribution in [3.05, 3.63) is 53.0 Å². The zero-order chi connectivity index (χ0) is 25.6. The molecule has 190 valence electrons. The van der Waals surface area contributed by atoms with E-state index in [0.29, 0.717) is 29.8 Å². The van der Waals surface area contributed by atoms with Gasteiger partial charge in [0.25, 0.3) is 5.91 Å². The molecule has 1 aromatic heterocycles. The predicted octanol–water partition coefficient (Wildman–Crippen LogP) is 2.63. The Labute approximate surface area is 209 Å². The van der Waals surface area contributed by atoms with Gasteiger partial charge in [0.05, 0.1) is 17.5 Å². The number of carbonyl (C=O) groups is 3. The monoisotopic (exact) mass is 494 g/mol. The maximum Gasteiger partial charge on any atom is 0.255 e. The van der Waals surface area contributed by atoms with Gasteiger partial charge in [-0.1, -0.05) is 6.07 Å². The Morgan fingerprint density at radius 3 is 2.58 bits per heavy atom. The van der Waals surface area contributed by atoms with Crippen LogP contribution < -0.4 is 5.32 Å². The molecule has 0 aliphatic carbocycles. The number of halogens is 1. The van der Waals surface area contributed by atoms with Crippen molar-refractivity contribution in [3.8, 4) is 11.3 Å². The lowest BCUT2D eigenvalue weighted by molar-refractivity contribution is -0.136. The number of amides is 3. The molecule has 1 unspecified atom stereocenters. The van der Waals surface area contributed by atoms with E-state index in [1.165, 1.54) is 11.1 Å². The lowest BCUT2D eigenvalue weighted by atomic mass is 9.83. The van der Waals surface area contributed by atoms with Gasteiger partial charge in [0.15, 0.2) is 0 Å². The summed E-state index contributed by atoms with van der Waals surface area (Å²) in [5, 5.41) is 12.6. The molecule has 0 spiro atoms. The van der Waals surface area contributed by atoms with E-state index in [2.05, 4.69) is 15.2 Å². The predicted molar refractivity (Wildman–Crippen MR) is 130 cm³/mol. The Hall–Kier alpha value is -3.17. The topological polar surface area (TPSA) is 103 Å². The van der Waals surface area contributed by atoms with Crippen molar-refractivity contribution in [2.75, 3.05) is 13.1 Å². The van der Waals surface area contributed by atoms with Crippen LogP contribution in [0.5, 0.6) is 0 Å². The molecule has 9 heteroatoms. The Balaban J connectivity index is 1.31. The molecular formula is C27H31FN4O4. The highest BCUT2D eigenvalue weighted by Crippen LogP contribution is 2.32. The summed E-state index contributed by atoms with van der Waals surface area (Å²) in [7, 11) is 0. The summed E-state index contributed by atoms with van der Waals surface area (Å²) >= 11 is 0. The van der Waals surface area contributed by atoms with Gasteiger partial charge in [0.2, 0.25) is 11.8 Å². The Morgan fingerprint density at radius 1 is 1.14 bits per heavy atom. The summed E-state index contributed by atoms with van der Waals surface area (Å²) in [5.41, 5.74) is 2.55. The summed E-state index contributed by atoms with van der Waals surface area (Å²) in [6.07, 6.45) is 3.49. The van der Waals surface area contributed by atoms with Gasteiger partial charge in [-0.25, -0.2) is 4.39 Å². The van der Waals surface area contributed by atoms with Gasteiger partial charge in [0, 0.05) is 36.2 Å². The van der Waals surface area contributed by atoms with Crippen molar-refractivity contribution < 1.29 is 23.9 Å². The number of piperidine rings is 2. The number of rotatable bonds is 5. The molecule has 3 amide bonds. The average Bonchev–Trinajstić information content (AvgIpc) is 3.16. The summed E-state index contributed by atoms with van der Waals surface area (Å²) in [6, 6.07) is 6.49. The van der Waals surface area contributed by atoms with E-state index in [0.717, 1.165) is 37.1 Å². The highest BCUT2D eigenvalue weighted by Gasteiger charge is 2.39. The lowest BCUT2D eigenvalue weighted by Gasteiger charge is -2.37. The van der Waals surface area contributed by atoms with Gasteiger partial charge in [-0.3, -0.25) is 29.6 Å². The van der Waals surface area contributed by atoms with Crippen LogP contribution in [0.25, 0.3) is 11.3 Å². The van der Waals surface area contributed by atoms with Crippen molar-refractivity contribution in [2.45, 2.75) is 64.3 Å². The largest absolute Gasteiger partial charge is 0.390 e. The number of nitrogens with zero attached hydrogens (tertiary/aromatic N) is 3. The molecule has 2 saturated heterocycles. The lowest BCUT2D eigenvalue weighted by Crippen LogP contribution is -2.52. The number of hydrogen-bond acceptors (Lipinski definition) is 6. The molecule has 2 aromatic rings. The first-order valence-electron chi connectivity index (χ1n) is 12.5. The third-order valence-corrected chi connectivity index (χ3v) is 7.73. The van der Waals surface area contributed by atoms with Gasteiger partial charge < -0.3 is 10.0 Å². The second kappa shape index (κ2) is 9.37. The second-order valence-electron chi connectivity index (χ2n) is 10.6. The van der Waals surface area contributed by atoms with E-state index < -0.39 is 17.6 Å². The number of fused-ring (bicyclic) bond motifs is 1. The average molecular weight is 495 g/mol. The zero-order valence-electron chi connectivity index (χ0n) is 20.6. The SMILES string of the molecule is CC(C)(O)C1CCN(Cc2cc(-c3ccc4c(c3)CN(C3CCC(=O)NC3=O)C4=O)ncc2F)CC1. The molecule has 2 N–H and O–H groups in total. The summed E-state index contributed by atoms with van der Waals surface area (Å²) in [6.45, 7) is 6.02. The molecule has 0 saturated carbocycles. The number of carbonyl (C=O) groups excluding carboxylic acids is 3. The quantitative estimate of drug-likeness (QED) is 0.620. The number of benzene rings is 1. The van der Waals surface area contributed by atoms with Crippen LogP contribution >= 0.6 is 0 Å². The van der Waals surface area contributed by atoms with Crippen molar-refractivity contribution in [2.24, 2.45) is 5.92 Å². The van der Waals surface area contributed by atoms with Crippen LogP contribution in [0, 0.1) is 11.7 Å². The van der Waals surface area contributed by atoms with E-state index in [4.69, 9.17) is 0 Å². The second-order valence-corrected chi connectivity index (χ2v) is 10.6. The van der Waals surface area contributed by atoms with Crippen LogP contribution in [-0.2, 0) is 22.7 Å². The summed E-state index contributed by atoms with van der Waals surface area (Å²) < 4.78 is 14.7. The third-order valence-electron chi connectivity index (χ3n) is 7.73. The smallest absolute Gasteiger partial charge is 0.255 e. The molecule has 36 heavy (non-hydrogen) atoms. The first-order valence-corrected chi connectivity index (χ1v) is 12.5. The molecule has 0 radical (unpaired) electrons. The normalized spacial score (nSPS) is 21.6. The molecule has 1 aromatic carbocycles. The van der Waals surface area contributed by atoms with Crippen LogP contribution in [-0.4, -0.2) is 62.3 Å². The molecule has 5 rings (SSSR count). The fourth-order valence-corrected chi connectivity index (χ4v) is 5.53. The number of hydrogen-bond donors (Lipinski definition) is 2. The number of aliphatic hydroxyl groups is 1. The van der Waals surface area contributed by atoms with E-state index in [-0.39, 0.29) is 36.5 Å². The van der Waals surface area contributed by atoms with Crippen molar-refractivity contribution in [1.29, 1.82) is 0 Å². The van der Waals surface area contributed by atoms with Crippen molar-refractivity contribution >= 4 is 17.7 Å². The maximum atomic E-state index is 14.7. The molecule has 3 aliphatic rings. The maximum absolute atomic E-state index is 14.7. The van der Waals surface area contributed by atoms with Gasteiger partial charge in [-0.15, -0.1) is 0 Å². The molecule has 2 fully saturated rings. The minimum Gasteiger partial charge on any atom is -0.390 e. The van der Waals surface area contributed by atoms with E-state index in [9.17, 15) is 23.9 Å². The highest BCUT2D eigenvalue weighted by molar-refractivity contribution is 6.05. The number of likely N-dealkylation sites (tertiary alicyclic amines) is 1. The first-order chi connectivity index (χ1) is 17.1. The number of imide groups is 1. The van der Waals surface area contributed by atoms with Crippen molar-refractivity contribution in [3.63, 3.8) is 0 Å². The third kappa shape index (κ3) is 4.77. The number of pyridine rings is 1. The van der Waals surface area contributed by atoms with Gasteiger partial charge in [0.1, 0.15) is 11.9 Å². The van der Waals surface area contributed by atoms with Crippen LogP contribution in [0.4, 0.5) is 4.39 Å². The molecular weight excluding hydrogens is 463 g/mol. The van der Waals surface area contributed by atoms with E-state index in [1.54, 1.807) is 18.2 Å². The van der Waals surface area contributed by atoms with Crippen LogP contribution in [0.1, 0.15) is 61.0 Å². The minimum atomic E-state index is -0.704. The fraction of sp³-hybridized carbons (Fsp3) is 0.481. The fourth-order valence-electron chi connectivity index (χ4n) is 5.53. The van der Waals surface area contributed by atoms with E-state index >= 15 is 0 Å². The molecule has 8 nitrogen and oxygen atoms in total. The Kier molecular flexibility index (Phi) is 6.38. The standard InChI is InChI=1S/C27H31FN4O4/c1-27(2,36)19-7-9-31(10-8-19)14-18-12-22(29-13-21(18)28)16-3-4-20-17(11-16)15-32(26(20)35)23-5-6-24(33)30-25(23)34/h3-4,11-13,19,23,36H,5-10,14-15H2,1-2H3,(H,30,33,34). The van der Waals surface area contributed by atoms with Crippen LogP contribution in [0.2, 0.25) is 0 Å². The van der Waals surface area contributed by atoms with Crippen molar-refractivity contribution in [1.82, 2.24) is 20.1 Å². The Morgan fingerprint density at radius 2 is 1.89 bits per heavy atom. The van der Waals surface area contributed by atoms with Crippen LogP contribution in [0.3, 0.4) is 0 Å². The Bertz CT molecular complexity index is 1220. The zero-order valence-corrected chi connectivity index (χ0v) is 20.6. The molecule has 1 atom stereocenters. The van der Waals surface area contributed by atoms with Gasteiger partial charge in [-0.2, -0.15) is 0 Å². The van der Waals surface area contributed by atoms with Gasteiger partial charge >= 0.3 is 0 Å². The number of aromatic nitrogens is 1. The minimum absolute atomic E-state index is 0.208. The highest BCUT2D eigenvalue weighted by atomic mass is 19.1. The molecule has 0 bridgehead atoms. The first kappa shape index (κ1) is 24.5. The molecule has 3 aliphatic heterocycles. The summed E-state index contributed by atoms with van der Waals surface area (Å²) in [4.78, 5) is 44.7. The molecule has 4 heterocycles. The van der Waals surface area contributed by atoms with Crippen LogP contribution in [0.15, 0.2) is 30.5 Å². The van der Waals surface area contributed by atoms with E-state index in [1.807, 2.05) is 19.9 Å². The number of nitrogens with one attached hydrogen (secondary N) is 1. The summed E-state index contributed by atoms with van der Waals surface area (Å²) in [5.74, 6) is -1.11. The van der Waals surface area contributed by atoms with Gasteiger partial charge in [-0.05, 0) is 75.9 Å².